The van der Waals surface area contributed by atoms with Crippen LogP contribution in [0.3, 0.4) is 0 Å². The fourth-order valence-electron chi connectivity index (χ4n) is 3.82. The molecule has 1 fully saturated rings. The molecule has 1 saturated heterocycles. The summed E-state index contributed by atoms with van der Waals surface area (Å²) in [5, 5.41) is 4.70. The zero-order valence-corrected chi connectivity index (χ0v) is 16.0. The molecule has 1 aliphatic heterocycles. The summed E-state index contributed by atoms with van der Waals surface area (Å²) in [6.07, 6.45) is 4.67. The zero-order valence-electron chi connectivity index (χ0n) is 16.0. The highest BCUT2D eigenvalue weighted by Crippen LogP contribution is 2.25. The van der Waals surface area contributed by atoms with E-state index in [0.29, 0.717) is 0 Å². The third-order valence-electron chi connectivity index (χ3n) is 5.24. The summed E-state index contributed by atoms with van der Waals surface area (Å²) in [7, 11) is 0. The summed E-state index contributed by atoms with van der Waals surface area (Å²) in [6.45, 7) is 12.1. The van der Waals surface area contributed by atoms with Gasteiger partial charge in [0.15, 0.2) is 0 Å². The highest BCUT2D eigenvalue weighted by molar-refractivity contribution is 5.94. The van der Waals surface area contributed by atoms with E-state index in [1.165, 1.54) is 18.4 Å². The van der Waals surface area contributed by atoms with Crippen molar-refractivity contribution in [3.05, 3.63) is 17.0 Å². The molecule has 0 radical (unpaired) electrons. The molecule has 6 heteroatoms. The average Bonchev–Trinajstić information content (AvgIpc) is 3.00. The van der Waals surface area contributed by atoms with Gasteiger partial charge in [-0.25, -0.2) is 0 Å². The molecule has 6 nitrogen and oxygen atoms in total. The minimum Gasteiger partial charge on any atom is -0.377 e. The third-order valence-corrected chi connectivity index (χ3v) is 5.24. The summed E-state index contributed by atoms with van der Waals surface area (Å²) in [6, 6.07) is 0. The predicted molar refractivity (Wildman–Crippen MR) is 98.0 cm³/mol. The molecule has 0 atom stereocenters. The zero-order chi connectivity index (χ0) is 17.8. The van der Waals surface area contributed by atoms with Crippen LogP contribution in [0, 0.1) is 0 Å². The van der Waals surface area contributed by atoms with Crippen molar-refractivity contribution < 1.29 is 9.53 Å². The molecule has 0 unspecified atom stereocenters. The molecule has 0 aromatic carbocycles. The van der Waals surface area contributed by atoms with Gasteiger partial charge in [0.2, 0.25) is 0 Å². The van der Waals surface area contributed by atoms with Gasteiger partial charge >= 0.3 is 0 Å². The van der Waals surface area contributed by atoms with Crippen LogP contribution < -0.4 is 0 Å². The maximum Gasteiger partial charge on any atom is 0.272 e. The van der Waals surface area contributed by atoms with Crippen LogP contribution in [-0.2, 0) is 24.1 Å². The number of carbonyl (C=O) groups excluding carboxylic acids is 1. The van der Waals surface area contributed by atoms with Crippen molar-refractivity contribution in [2.75, 3.05) is 39.3 Å². The van der Waals surface area contributed by atoms with E-state index >= 15 is 0 Å². The second-order valence-corrected chi connectivity index (χ2v) is 7.35. The lowest BCUT2D eigenvalue weighted by atomic mass is 9.95. The normalized spacial score (nSPS) is 18.6. The minimum atomic E-state index is 0.176. The first kappa shape index (κ1) is 18.4. The predicted octanol–water partition coefficient (Wildman–Crippen LogP) is 1.96. The van der Waals surface area contributed by atoms with E-state index in [1.54, 1.807) is 0 Å². The summed E-state index contributed by atoms with van der Waals surface area (Å²) in [5.41, 5.74) is 3.22. The minimum absolute atomic E-state index is 0.176. The maximum absolute atomic E-state index is 13.1. The summed E-state index contributed by atoms with van der Waals surface area (Å²) in [5.74, 6) is 0.176. The van der Waals surface area contributed by atoms with Gasteiger partial charge in [-0.15, -0.1) is 0 Å². The first-order chi connectivity index (χ1) is 12.1. The topological polar surface area (TPSA) is 50.6 Å². The van der Waals surface area contributed by atoms with Crippen LogP contribution in [0.25, 0.3) is 0 Å². The van der Waals surface area contributed by atoms with Crippen molar-refractivity contribution in [3.8, 4) is 0 Å². The molecule has 140 valence electrons. The molecule has 1 aliphatic carbocycles. The standard InChI is InChI=1S/C19H32N4O2/c1-4-23-18(16-7-5-6-8-17(16)20-23)19(24)22-11-9-21(10-12-22)13-14-25-15(2)3/h15H,4-14H2,1-3H3. The van der Waals surface area contributed by atoms with Crippen LogP contribution in [0.2, 0.25) is 0 Å². The number of nitrogens with zero attached hydrogens (tertiary/aromatic N) is 4. The van der Waals surface area contributed by atoms with Gasteiger partial charge in [-0.2, -0.15) is 5.10 Å². The highest BCUT2D eigenvalue weighted by Gasteiger charge is 2.29. The van der Waals surface area contributed by atoms with Gasteiger partial charge in [-0.3, -0.25) is 14.4 Å². The second kappa shape index (κ2) is 8.32. The Balaban J connectivity index is 1.60. The Morgan fingerprint density at radius 3 is 2.56 bits per heavy atom. The lowest BCUT2D eigenvalue weighted by Crippen LogP contribution is -2.50. The van der Waals surface area contributed by atoms with Crippen molar-refractivity contribution >= 4 is 5.91 Å². The molecular weight excluding hydrogens is 316 g/mol. The molecule has 0 bridgehead atoms. The van der Waals surface area contributed by atoms with Crippen LogP contribution in [-0.4, -0.2) is 70.9 Å². The first-order valence-corrected chi connectivity index (χ1v) is 9.82. The van der Waals surface area contributed by atoms with Crippen molar-refractivity contribution in [1.29, 1.82) is 0 Å². The van der Waals surface area contributed by atoms with E-state index in [1.807, 2.05) is 9.58 Å². The van der Waals surface area contributed by atoms with Crippen molar-refractivity contribution in [2.45, 2.75) is 59.1 Å². The number of hydrogen-bond acceptors (Lipinski definition) is 4. The van der Waals surface area contributed by atoms with Gasteiger partial charge in [-0.1, -0.05) is 0 Å². The van der Waals surface area contributed by atoms with Gasteiger partial charge in [0.05, 0.1) is 18.4 Å². The SMILES string of the molecule is CCn1nc2c(c1C(=O)N1CCN(CCOC(C)C)CC1)CCCC2. The molecule has 0 saturated carbocycles. The van der Waals surface area contributed by atoms with Crippen LogP contribution in [0.15, 0.2) is 0 Å². The number of aromatic nitrogens is 2. The van der Waals surface area contributed by atoms with Crippen molar-refractivity contribution in [2.24, 2.45) is 0 Å². The molecule has 1 aromatic rings. The molecule has 25 heavy (non-hydrogen) atoms. The van der Waals surface area contributed by atoms with Gasteiger partial charge < -0.3 is 9.64 Å². The lowest BCUT2D eigenvalue weighted by molar-refractivity contribution is 0.0402. The van der Waals surface area contributed by atoms with Crippen molar-refractivity contribution in [3.63, 3.8) is 0 Å². The summed E-state index contributed by atoms with van der Waals surface area (Å²) in [4.78, 5) is 17.5. The average molecular weight is 348 g/mol. The molecule has 2 heterocycles. The summed E-state index contributed by atoms with van der Waals surface area (Å²) < 4.78 is 7.57. The molecule has 1 aromatic heterocycles. The largest absolute Gasteiger partial charge is 0.377 e. The summed E-state index contributed by atoms with van der Waals surface area (Å²) >= 11 is 0. The number of aryl methyl sites for hydroxylation is 2. The Bertz CT molecular complexity index is 588. The van der Waals surface area contributed by atoms with Gasteiger partial charge in [0.25, 0.3) is 5.91 Å². The molecule has 2 aliphatic rings. The molecule has 1 amide bonds. The first-order valence-electron chi connectivity index (χ1n) is 9.82. The van der Waals surface area contributed by atoms with Crippen LogP contribution in [0.5, 0.6) is 0 Å². The van der Waals surface area contributed by atoms with Gasteiger partial charge in [-0.05, 0) is 46.5 Å². The number of piperazine rings is 1. The highest BCUT2D eigenvalue weighted by atomic mass is 16.5. The third kappa shape index (κ3) is 4.23. The van der Waals surface area contributed by atoms with Gasteiger partial charge in [0.1, 0.15) is 5.69 Å². The van der Waals surface area contributed by atoms with E-state index < -0.39 is 0 Å². The number of rotatable bonds is 6. The number of ether oxygens (including phenoxy) is 1. The lowest BCUT2D eigenvalue weighted by Gasteiger charge is -2.35. The Morgan fingerprint density at radius 1 is 1.16 bits per heavy atom. The second-order valence-electron chi connectivity index (χ2n) is 7.35. The monoisotopic (exact) mass is 348 g/mol. The fraction of sp³-hybridized carbons (Fsp3) is 0.789. The Morgan fingerprint density at radius 2 is 1.88 bits per heavy atom. The quantitative estimate of drug-likeness (QED) is 0.789. The van der Waals surface area contributed by atoms with Crippen LogP contribution in [0.1, 0.15) is 55.4 Å². The smallest absolute Gasteiger partial charge is 0.272 e. The van der Waals surface area contributed by atoms with E-state index in [9.17, 15) is 4.79 Å². The number of carbonyl (C=O) groups is 1. The van der Waals surface area contributed by atoms with E-state index in [-0.39, 0.29) is 12.0 Å². The fourth-order valence-corrected chi connectivity index (χ4v) is 3.82. The van der Waals surface area contributed by atoms with E-state index in [2.05, 4.69) is 25.7 Å². The van der Waals surface area contributed by atoms with E-state index in [4.69, 9.17) is 9.84 Å². The maximum atomic E-state index is 13.1. The number of fused-ring (bicyclic) bond motifs is 1. The molecule has 3 rings (SSSR count). The number of hydrogen-bond donors (Lipinski definition) is 0. The molecular formula is C19H32N4O2. The van der Waals surface area contributed by atoms with Crippen LogP contribution >= 0.6 is 0 Å². The van der Waals surface area contributed by atoms with Crippen LogP contribution in [0.4, 0.5) is 0 Å². The Labute approximate surface area is 151 Å². The molecule has 0 N–H and O–H groups in total. The Kier molecular flexibility index (Phi) is 6.12. The van der Waals surface area contributed by atoms with Crippen molar-refractivity contribution in [1.82, 2.24) is 19.6 Å². The number of amides is 1. The Hall–Kier alpha value is -1.40. The molecule has 0 spiro atoms. The van der Waals surface area contributed by atoms with E-state index in [0.717, 1.165) is 70.1 Å². The van der Waals surface area contributed by atoms with Gasteiger partial charge in [0, 0.05) is 44.8 Å².